The van der Waals surface area contributed by atoms with E-state index in [9.17, 15) is 0 Å². The summed E-state index contributed by atoms with van der Waals surface area (Å²) in [5.74, 6) is 0. The Morgan fingerprint density at radius 2 is 0.708 bits per heavy atom. The van der Waals surface area contributed by atoms with E-state index in [2.05, 4.69) is 30.3 Å². The van der Waals surface area contributed by atoms with Crippen molar-refractivity contribution >= 4 is 252 Å². The van der Waals surface area contributed by atoms with Crippen LogP contribution in [0.4, 0.5) is 0 Å². The van der Waals surface area contributed by atoms with Gasteiger partial charge in [-0.1, -0.05) is 128 Å². The van der Waals surface area contributed by atoms with Crippen molar-refractivity contribution < 1.29 is 8.83 Å². The minimum absolute atomic E-state index is 0.00215. The van der Waals surface area contributed by atoms with Crippen molar-refractivity contribution in [2.24, 2.45) is 0 Å². The van der Waals surface area contributed by atoms with E-state index in [4.69, 9.17) is 119 Å². The highest BCUT2D eigenvalue weighted by atomic mass is 16.3. The molecule has 0 aliphatic rings. The van der Waals surface area contributed by atoms with Gasteiger partial charge in [-0.3, -0.25) is 0 Å². The SMILES string of the molecule is [B]c1c([B])c([B])c2c(oc3c([B])c(-c4c([B])c([B])c5c(c4[B])c4c([B])c([B])c([B])c([B])c4n5-c4ccc(-c5cccc6c5oc5c(-c7ccccc7)cccc56)cc4)c([B])c([B])c32)c1[B]. The van der Waals surface area contributed by atoms with Crippen LogP contribution in [0, 0.1) is 0 Å². The van der Waals surface area contributed by atoms with Crippen LogP contribution in [-0.4, -0.2) is 114 Å². The van der Waals surface area contributed by atoms with Crippen molar-refractivity contribution in [2.75, 3.05) is 0 Å². The number of fused-ring (bicyclic) bond motifs is 9. The molecule has 3 heterocycles. The third-order valence-electron chi connectivity index (χ3n) is 12.9. The van der Waals surface area contributed by atoms with Crippen LogP contribution < -0.4 is 76.5 Å². The van der Waals surface area contributed by atoms with Crippen LogP contribution in [0.2, 0.25) is 0 Å². The first-order valence-electron chi connectivity index (χ1n) is 20.2. The fourth-order valence-electron chi connectivity index (χ4n) is 9.57. The van der Waals surface area contributed by atoms with E-state index in [1.165, 1.54) is 0 Å². The lowest BCUT2D eigenvalue weighted by Crippen LogP contribution is -2.48. The van der Waals surface area contributed by atoms with Gasteiger partial charge in [0.2, 0.25) is 0 Å². The summed E-state index contributed by atoms with van der Waals surface area (Å²) >= 11 is 0. The van der Waals surface area contributed by atoms with E-state index in [-0.39, 0.29) is 104 Å². The zero-order valence-electron chi connectivity index (χ0n) is 34.5. The van der Waals surface area contributed by atoms with Crippen LogP contribution in [0.1, 0.15) is 0 Å². The fourth-order valence-corrected chi connectivity index (χ4v) is 9.57. The molecule has 17 heteroatoms. The normalized spacial score (nSPS) is 11.9. The Balaban J connectivity index is 1.15. The van der Waals surface area contributed by atoms with Gasteiger partial charge in [-0.2, -0.15) is 0 Å². The third-order valence-corrected chi connectivity index (χ3v) is 12.9. The Hall–Kier alpha value is -5.93. The van der Waals surface area contributed by atoms with Crippen LogP contribution in [0.25, 0.3) is 105 Å². The third kappa shape index (κ3) is 5.63. The molecule has 8 aromatic carbocycles. The molecule has 0 aliphatic carbocycles. The number of hydrogen-bond donors (Lipinski definition) is 0. The molecule has 65 heavy (non-hydrogen) atoms. The second-order valence-electron chi connectivity index (χ2n) is 16.2. The lowest BCUT2D eigenvalue weighted by Gasteiger charge is -2.24. The lowest BCUT2D eigenvalue weighted by atomic mass is 9.61. The van der Waals surface area contributed by atoms with E-state index >= 15 is 0 Å². The van der Waals surface area contributed by atoms with Crippen LogP contribution in [0.3, 0.4) is 0 Å². The Labute approximate surface area is 393 Å². The minimum atomic E-state index is -0.00504. The summed E-state index contributed by atoms with van der Waals surface area (Å²) in [6.07, 6.45) is 0. The molecule has 28 radical (unpaired) electrons. The number of rotatable bonds is 4. The van der Waals surface area contributed by atoms with E-state index in [1.54, 1.807) is 4.57 Å². The Morgan fingerprint density at radius 1 is 0.292 bits per heavy atom. The number of benzene rings is 8. The molecule has 11 rings (SSSR count). The zero-order valence-corrected chi connectivity index (χ0v) is 34.5. The van der Waals surface area contributed by atoms with Crippen molar-refractivity contribution in [1.82, 2.24) is 4.57 Å². The summed E-state index contributed by atoms with van der Waals surface area (Å²) in [6, 6.07) is 30.2. The van der Waals surface area contributed by atoms with Crippen molar-refractivity contribution in [3.63, 3.8) is 0 Å². The van der Waals surface area contributed by atoms with Gasteiger partial charge in [-0.25, -0.2) is 0 Å². The summed E-state index contributed by atoms with van der Waals surface area (Å²) in [5, 5.41) is 3.26. The maximum atomic E-state index is 7.23. The van der Waals surface area contributed by atoms with E-state index in [1.807, 2.05) is 60.7 Å². The molecule has 0 atom stereocenters. The Kier molecular flexibility index (Phi) is 9.50. The Bertz CT molecular complexity index is 3930. The minimum Gasteiger partial charge on any atom is -0.457 e. The summed E-state index contributed by atoms with van der Waals surface area (Å²) in [5.41, 5.74) is 8.00. The van der Waals surface area contributed by atoms with Gasteiger partial charge in [0.25, 0.3) is 0 Å². The molecule has 266 valence electrons. The maximum absolute atomic E-state index is 7.23. The molecule has 0 amide bonds. The molecule has 0 spiro atoms. The molecule has 0 saturated heterocycles. The molecular weight excluding hydrogens is 774 g/mol. The van der Waals surface area contributed by atoms with Gasteiger partial charge < -0.3 is 13.4 Å². The summed E-state index contributed by atoms with van der Waals surface area (Å²) in [6.45, 7) is 0. The van der Waals surface area contributed by atoms with Crippen LogP contribution in [-0.2, 0) is 0 Å². The monoisotopic (exact) mass is 791 g/mol. The number of para-hydroxylation sites is 2. The first kappa shape index (κ1) is 41.8. The molecule has 0 unspecified atom stereocenters. The maximum Gasteiger partial charge on any atom is 0.143 e. The number of nitrogens with zero attached hydrogens (tertiary/aromatic N) is 1. The number of furan rings is 2. The standard InChI is InChI=1S/C48H15B14NO2/c49-29-23(24-30(50)33(53)27-28-34(54)37(57)39(59)42(62)48(28)65-47(27)35(24)55)31(51)40(60)43-25(29)26-32(52)36(56)38(58)41(61)44(26)63(43)18-14-12-17(13-15-18)20-9-5-11-22-21-10-4-8-19(45(21)64-46(20)22)16-6-2-1-3-7-16/h1-15H. The Morgan fingerprint density at radius 3 is 1.29 bits per heavy atom. The molecule has 0 saturated carbocycles. The molecule has 0 N–H and O–H groups in total. The average molecular weight is 789 g/mol. The molecule has 0 aliphatic heterocycles. The van der Waals surface area contributed by atoms with Gasteiger partial charge in [-0.05, 0) is 45.2 Å². The quantitative estimate of drug-likeness (QED) is 0.175. The summed E-state index contributed by atoms with van der Waals surface area (Å²) in [4.78, 5) is 0. The van der Waals surface area contributed by atoms with Crippen molar-refractivity contribution in [3.8, 4) is 39.1 Å². The van der Waals surface area contributed by atoms with Gasteiger partial charge >= 0.3 is 0 Å². The lowest BCUT2D eigenvalue weighted by molar-refractivity contribution is 0.671. The van der Waals surface area contributed by atoms with E-state index < -0.39 is 0 Å². The van der Waals surface area contributed by atoms with Crippen molar-refractivity contribution in [3.05, 3.63) is 91.0 Å². The smallest absolute Gasteiger partial charge is 0.143 e. The second-order valence-corrected chi connectivity index (χ2v) is 16.2. The molecular formula is C48H15B14NO2. The molecule has 3 nitrogen and oxygen atoms in total. The number of aromatic nitrogens is 1. The molecule has 0 bridgehead atoms. The summed E-state index contributed by atoms with van der Waals surface area (Å²) < 4.78 is 14.7. The fraction of sp³-hybridized carbons (Fsp3) is 0. The van der Waals surface area contributed by atoms with Crippen LogP contribution >= 0.6 is 0 Å². The highest BCUT2D eigenvalue weighted by Gasteiger charge is 2.28. The highest BCUT2D eigenvalue weighted by Crippen LogP contribution is 2.40. The zero-order chi connectivity index (χ0) is 45.7. The van der Waals surface area contributed by atoms with Gasteiger partial charge in [-0.15, -0.1) is 21.9 Å². The summed E-state index contributed by atoms with van der Waals surface area (Å²) in [7, 11) is 93.8. The van der Waals surface area contributed by atoms with Crippen LogP contribution in [0.5, 0.6) is 0 Å². The van der Waals surface area contributed by atoms with Gasteiger partial charge in [0.05, 0.1) is 0 Å². The first-order valence-corrected chi connectivity index (χ1v) is 20.2. The second kappa shape index (κ2) is 14.8. The predicted octanol–water partition coefficient (Wildman–Crippen LogP) is -3.30. The molecule has 3 aromatic heterocycles. The topological polar surface area (TPSA) is 31.2 Å². The molecule has 0 fully saturated rings. The van der Waals surface area contributed by atoms with Gasteiger partial charge in [0.1, 0.15) is 132 Å². The van der Waals surface area contributed by atoms with Crippen LogP contribution in [0.15, 0.2) is 99.8 Å². The van der Waals surface area contributed by atoms with E-state index in [0.29, 0.717) is 32.9 Å². The van der Waals surface area contributed by atoms with Crippen molar-refractivity contribution in [2.45, 2.75) is 0 Å². The largest absolute Gasteiger partial charge is 0.457 e. The van der Waals surface area contributed by atoms with Gasteiger partial charge in [0.15, 0.2) is 0 Å². The van der Waals surface area contributed by atoms with E-state index in [0.717, 1.165) is 44.2 Å². The van der Waals surface area contributed by atoms with Gasteiger partial charge in [0, 0.05) is 54.8 Å². The number of hydrogen-bond acceptors (Lipinski definition) is 2. The predicted molar refractivity (Wildman–Crippen MR) is 287 cm³/mol. The van der Waals surface area contributed by atoms with Crippen molar-refractivity contribution in [1.29, 1.82) is 0 Å². The first-order chi connectivity index (χ1) is 31.1. The average Bonchev–Trinajstić information content (AvgIpc) is 4.03. The molecule has 11 aromatic rings. The highest BCUT2D eigenvalue weighted by molar-refractivity contribution is 6.72.